The summed E-state index contributed by atoms with van der Waals surface area (Å²) in [6, 6.07) is 4.63. The van der Waals surface area contributed by atoms with E-state index < -0.39 is 0 Å². The average molecular weight is 474 g/mol. The maximum atomic E-state index is 14.3. The molecule has 1 saturated heterocycles. The molecule has 33 heavy (non-hydrogen) atoms. The van der Waals surface area contributed by atoms with Gasteiger partial charge in [0.25, 0.3) is 0 Å². The summed E-state index contributed by atoms with van der Waals surface area (Å²) < 4.78 is 19.8. The molecule has 1 aliphatic rings. The number of morpholine rings is 1. The van der Waals surface area contributed by atoms with Crippen LogP contribution in [0.15, 0.2) is 41.0 Å². The van der Waals surface area contributed by atoms with Crippen LogP contribution in [0.4, 0.5) is 4.39 Å². The predicted octanol–water partition coefficient (Wildman–Crippen LogP) is 3.01. The minimum absolute atomic E-state index is 0.0380. The van der Waals surface area contributed by atoms with Crippen LogP contribution in [-0.4, -0.2) is 59.4 Å². The van der Waals surface area contributed by atoms with Crippen molar-refractivity contribution in [2.24, 2.45) is 16.5 Å². The topological polar surface area (TPSA) is 129 Å². The first-order valence-electron chi connectivity index (χ1n) is 10.6. The van der Waals surface area contributed by atoms with Gasteiger partial charge in [0.2, 0.25) is 0 Å². The van der Waals surface area contributed by atoms with Gasteiger partial charge in [0.15, 0.2) is 0 Å². The van der Waals surface area contributed by atoms with Crippen molar-refractivity contribution in [3.8, 4) is 0 Å². The van der Waals surface area contributed by atoms with Crippen LogP contribution >= 0.6 is 11.6 Å². The second-order valence-corrected chi connectivity index (χ2v) is 8.37. The summed E-state index contributed by atoms with van der Waals surface area (Å²) in [5.41, 5.74) is 15.1. The molecule has 176 valence electrons. The molecule has 2 aromatic rings. The summed E-state index contributed by atoms with van der Waals surface area (Å²) in [6.45, 7) is 7.01. The van der Waals surface area contributed by atoms with Gasteiger partial charge in [-0.15, -0.1) is 0 Å². The third-order valence-corrected chi connectivity index (χ3v) is 5.33. The Morgan fingerprint density at radius 1 is 1.33 bits per heavy atom. The molecule has 1 fully saturated rings. The third kappa shape index (κ3) is 7.24. The van der Waals surface area contributed by atoms with Crippen LogP contribution in [0.25, 0.3) is 5.57 Å². The molecule has 0 amide bonds. The first-order chi connectivity index (χ1) is 15.7. The van der Waals surface area contributed by atoms with Gasteiger partial charge in [-0.05, 0) is 37.6 Å². The van der Waals surface area contributed by atoms with E-state index in [1.807, 2.05) is 6.92 Å². The molecule has 0 unspecified atom stereocenters. The first-order valence-corrected chi connectivity index (χ1v) is 11.0. The lowest BCUT2D eigenvalue weighted by molar-refractivity contribution is 0.0443. The molecular formula is C23H29ClFN7O. The number of imidazole rings is 1. The second-order valence-electron chi connectivity index (χ2n) is 7.94. The van der Waals surface area contributed by atoms with Crippen molar-refractivity contribution in [2.75, 3.05) is 32.8 Å². The monoisotopic (exact) mass is 473 g/mol. The number of allylic oxidation sites excluding steroid dienone is 1. The van der Waals surface area contributed by atoms with Crippen LogP contribution in [0.1, 0.15) is 29.7 Å². The average Bonchev–Trinajstić information content (AvgIpc) is 3.10. The van der Waals surface area contributed by atoms with Crippen molar-refractivity contribution in [3.63, 3.8) is 0 Å². The highest BCUT2D eigenvalue weighted by Gasteiger charge is 2.18. The van der Waals surface area contributed by atoms with Gasteiger partial charge in [-0.25, -0.2) is 14.4 Å². The van der Waals surface area contributed by atoms with Crippen molar-refractivity contribution >= 4 is 28.8 Å². The lowest BCUT2D eigenvalue weighted by atomic mass is 10.1. The summed E-state index contributed by atoms with van der Waals surface area (Å²) in [6.07, 6.45) is 3.46. The summed E-state index contributed by atoms with van der Waals surface area (Å²) in [7, 11) is 0. The van der Waals surface area contributed by atoms with Crippen LogP contribution < -0.4 is 11.5 Å². The lowest BCUT2D eigenvalue weighted by Crippen LogP contribution is -2.37. The Kier molecular flexibility index (Phi) is 8.37. The van der Waals surface area contributed by atoms with E-state index >= 15 is 0 Å². The molecule has 0 saturated carbocycles. The van der Waals surface area contributed by atoms with E-state index in [-0.39, 0.29) is 17.5 Å². The minimum atomic E-state index is -0.367. The first kappa shape index (κ1) is 24.6. The van der Waals surface area contributed by atoms with Crippen molar-refractivity contribution in [2.45, 2.75) is 20.3 Å². The zero-order valence-electron chi connectivity index (χ0n) is 18.8. The molecular weight excluding hydrogens is 445 g/mol. The molecule has 0 radical (unpaired) electrons. The number of H-pyrrole nitrogens is 1. The van der Waals surface area contributed by atoms with Crippen molar-refractivity contribution < 1.29 is 9.13 Å². The summed E-state index contributed by atoms with van der Waals surface area (Å²) >= 11 is 5.87. The van der Waals surface area contributed by atoms with Gasteiger partial charge in [-0.1, -0.05) is 17.7 Å². The SMILES string of the molecule is C/C(N)=C/C(=N)N=C(N)/C=C(/CN1CCOCC1)c1nc(Cc2ccc(Cl)cc2F)c(C)[nH]1. The number of aryl methyl sites for hydroxylation is 1. The Bertz CT molecular complexity index is 1100. The molecule has 0 aliphatic carbocycles. The molecule has 0 spiro atoms. The number of amidine groups is 2. The number of nitrogens with two attached hydrogens (primary N) is 2. The van der Waals surface area contributed by atoms with E-state index in [0.717, 1.165) is 30.1 Å². The van der Waals surface area contributed by atoms with Gasteiger partial charge in [-0.2, -0.15) is 0 Å². The fourth-order valence-electron chi connectivity index (χ4n) is 3.45. The summed E-state index contributed by atoms with van der Waals surface area (Å²) in [5.74, 6) is 0.386. The Morgan fingerprint density at radius 2 is 2.06 bits per heavy atom. The van der Waals surface area contributed by atoms with E-state index in [4.69, 9.17) is 38.2 Å². The van der Waals surface area contributed by atoms with Crippen molar-refractivity contribution in [1.82, 2.24) is 14.9 Å². The van der Waals surface area contributed by atoms with Crippen LogP contribution in [0, 0.1) is 18.2 Å². The van der Waals surface area contributed by atoms with Crippen molar-refractivity contribution in [3.05, 3.63) is 69.7 Å². The van der Waals surface area contributed by atoms with E-state index in [2.05, 4.69) is 14.9 Å². The number of hydrogen-bond donors (Lipinski definition) is 4. The summed E-state index contributed by atoms with van der Waals surface area (Å²) in [5, 5.41) is 8.25. The third-order valence-electron chi connectivity index (χ3n) is 5.10. The fourth-order valence-corrected chi connectivity index (χ4v) is 3.61. The molecule has 1 aromatic carbocycles. The number of halogens is 2. The number of nitrogens with zero attached hydrogens (tertiary/aromatic N) is 3. The number of aromatic amines is 1. The molecule has 2 heterocycles. The zero-order valence-corrected chi connectivity index (χ0v) is 19.5. The predicted molar refractivity (Wildman–Crippen MR) is 130 cm³/mol. The van der Waals surface area contributed by atoms with Gasteiger partial charge >= 0.3 is 0 Å². The van der Waals surface area contributed by atoms with Gasteiger partial charge in [0.05, 0.1) is 18.9 Å². The lowest BCUT2D eigenvalue weighted by Gasteiger charge is -2.27. The largest absolute Gasteiger partial charge is 0.402 e. The Morgan fingerprint density at radius 3 is 2.73 bits per heavy atom. The van der Waals surface area contributed by atoms with E-state index in [1.165, 1.54) is 12.1 Å². The zero-order chi connectivity index (χ0) is 24.0. The number of benzene rings is 1. The quantitative estimate of drug-likeness (QED) is 0.363. The number of aromatic nitrogens is 2. The maximum absolute atomic E-state index is 14.3. The van der Waals surface area contributed by atoms with Gasteiger partial charge in [0, 0.05) is 54.1 Å². The number of aliphatic imine (C=N–C) groups is 1. The normalized spacial score (nSPS) is 16.3. The second kappa shape index (κ2) is 11.2. The molecule has 1 aromatic heterocycles. The molecule has 10 heteroatoms. The van der Waals surface area contributed by atoms with E-state index in [1.54, 1.807) is 25.1 Å². The Labute approximate surface area is 197 Å². The molecule has 8 nitrogen and oxygen atoms in total. The van der Waals surface area contributed by atoms with Gasteiger partial charge in [-0.3, -0.25) is 10.3 Å². The molecule has 6 N–H and O–H groups in total. The van der Waals surface area contributed by atoms with Crippen LogP contribution in [0.5, 0.6) is 0 Å². The fraction of sp³-hybridized carbons (Fsp3) is 0.348. The highest BCUT2D eigenvalue weighted by atomic mass is 35.5. The van der Waals surface area contributed by atoms with Crippen LogP contribution in [-0.2, 0) is 11.2 Å². The highest BCUT2D eigenvalue weighted by molar-refractivity contribution is 6.30. The van der Waals surface area contributed by atoms with E-state index in [9.17, 15) is 4.39 Å². The highest BCUT2D eigenvalue weighted by Crippen LogP contribution is 2.21. The maximum Gasteiger partial charge on any atom is 0.148 e. The van der Waals surface area contributed by atoms with Gasteiger partial charge in [0.1, 0.15) is 23.3 Å². The number of ether oxygens (including phenoxy) is 1. The standard InChI is InChI=1S/C23H29ClFN7O/c1-14(26)9-21(27)31-22(28)11-17(13-32-5-7-33-8-6-32)23-29-15(2)20(30-23)10-16-3-4-18(24)12-19(16)25/h3-4,9,11-12H,5-8,10,13,26H2,1-2H3,(H,29,30)(H3,27,28,31)/b14-9-,17-11-. The Hall–Kier alpha value is -3.01. The molecule has 0 atom stereocenters. The smallest absolute Gasteiger partial charge is 0.148 e. The van der Waals surface area contributed by atoms with Crippen LogP contribution in [0.3, 0.4) is 0 Å². The number of nitrogens with one attached hydrogen (secondary N) is 2. The molecule has 3 rings (SSSR count). The Balaban J connectivity index is 1.91. The van der Waals surface area contributed by atoms with E-state index in [0.29, 0.717) is 48.3 Å². The van der Waals surface area contributed by atoms with Crippen molar-refractivity contribution in [1.29, 1.82) is 5.41 Å². The van der Waals surface area contributed by atoms with Crippen LogP contribution in [0.2, 0.25) is 5.02 Å². The van der Waals surface area contributed by atoms with Gasteiger partial charge < -0.3 is 21.2 Å². The molecule has 1 aliphatic heterocycles. The number of rotatable bonds is 7. The summed E-state index contributed by atoms with van der Waals surface area (Å²) in [4.78, 5) is 14.4. The number of hydrogen-bond acceptors (Lipinski definition) is 5. The minimum Gasteiger partial charge on any atom is -0.402 e. The molecule has 0 bridgehead atoms.